The van der Waals surface area contributed by atoms with E-state index in [1.807, 2.05) is 0 Å². The summed E-state index contributed by atoms with van der Waals surface area (Å²) in [6, 6.07) is 5.94. The maximum atomic E-state index is 12.0. The maximum Gasteiger partial charge on any atom is 0.324 e. The van der Waals surface area contributed by atoms with Gasteiger partial charge < -0.3 is 15.6 Å². The average molecular weight is 287 g/mol. The number of carbonyl (C=O) groups excluding carboxylic acids is 1. The summed E-state index contributed by atoms with van der Waals surface area (Å²) in [5, 5.41) is 9.23. The van der Waals surface area contributed by atoms with E-state index in [0.717, 1.165) is 37.7 Å². The van der Waals surface area contributed by atoms with Gasteiger partial charge in [-0.05, 0) is 43.4 Å². The summed E-state index contributed by atoms with van der Waals surface area (Å²) in [6.45, 7) is 0. The SMILES string of the molecule is N[C@@H](Cc1ccc(O)cc1)C(=O)OC1C#CCCCCC1. The molecule has 0 aliphatic heterocycles. The summed E-state index contributed by atoms with van der Waals surface area (Å²) in [4.78, 5) is 12.0. The Morgan fingerprint density at radius 1 is 1.33 bits per heavy atom. The molecule has 2 rings (SSSR count). The van der Waals surface area contributed by atoms with Gasteiger partial charge in [-0.25, -0.2) is 0 Å². The van der Waals surface area contributed by atoms with Crippen LogP contribution in [0.2, 0.25) is 0 Å². The molecule has 0 saturated carbocycles. The van der Waals surface area contributed by atoms with Crippen LogP contribution in [-0.2, 0) is 16.0 Å². The first-order valence-corrected chi connectivity index (χ1v) is 7.37. The van der Waals surface area contributed by atoms with E-state index in [-0.39, 0.29) is 11.9 Å². The van der Waals surface area contributed by atoms with Crippen molar-refractivity contribution in [2.45, 2.75) is 50.7 Å². The van der Waals surface area contributed by atoms with Gasteiger partial charge in [-0.1, -0.05) is 30.4 Å². The van der Waals surface area contributed by atoms with E-state index in [4.69, 9.17) is 10.5 Å². The molecular weight excluding hydrogens is 266 g/mol. The quantitative estimate of drug-likeness (QED) is 0.657. The third kappa shape index (κ3) is 5.13. The molecule has 1 aromatic rings. The molecule has 0 saturated heterocycles. The highest BCUT2D eigenvalue weighted by Gasteiger charge is 2.20. The molecule has 1 aliphatic rings. The van der Waals surface area contributed by atoms with Gasteiger partial charge in [0, 0.05) is 6.42 Å². The van der Waals surface area contributed by atoms with Crippen LogP contribution in [0, 0.1) is 11.8 Å². The topological polar surface area (TPSA) is 72.5 Å². The van der Waals surface area contributed by atoms with Crippen molar-refractivity contribution in [3.05, 3.63) is 29.8 Å². The minimum Gasteiger partial charge on any atom is -0.508 e. The standard InChI is InChI=1S/C17H21NO3/c18-16(12-13-8-10-14(19)11-9-13)17(20)21-15-6-4-2-1-3-5-7-15/h8-11,15-16,19H,1-4,6,12,18H2/t15?,16-/m0/s1. The number of hydrogen-bond acceptors (Lipinski definition) is 4. The van der Waals surface area contributed by atoms with E-state index < -0.39 is 12.0 Å². The van der Waals surface area contributed by atoms with E-state index in [2.05, 4.69) is 11.8 Å². The Morgan fingerprint density at radius 3 is 2.86 bits per heavy atom. The largest absolute Gasteiger partial charge is 0.508 e. The predicted molar refractivity (Wildman–Crippen MR) is 80.5 cm³/mol. The molecule has 1 aliphatic carbocycles. The van der Waals surface area contributed by atoms with Gasteiger partial charge >= 0.3 is 5.97 Å². The number of ether oxygens (including phenoxy) is 1. The van der Waals surface area contributed by atoms with Crippen molar-refractivity contribution < 1.29 is 14.6 Å². The van der Waals surface area contributed by atoms with Crippen LogP contribution in [0.4, 0.5) is 0 Å². The smallest absolute Gasteiger partial charge is 0.324 e. The molecule has 0 fully saturated rings. The number of nitrogens with two attached hydrogens (primary N) is 1. The molecule has 0 heterocycles. The first kappa shape index (κ1) is 15.4. The second-order valence-electron chi connectivity index (χ2n) is 5.32. The van der Waals surface area contributed by atoms with Crippen molar-refractivity contribution in [3.8, 4) is 17.6 Å². The van der Waals surface area contributed by atoms with Gasteiger partial charge in [0.15, 0.2) is 6.10 Å². The molecule has 0 spiro atoms. The highest BCUT2D eigenvalue weighted by molar-refractivity contribution is 5.76. The second kappa shape index (κ2) is 7.70. The fraction of sp³-hybridized carbons (Fsp3) is 0.471. The number of hydrogen-bond donors (Lipinski definition) is 2. The molecular formula is C17H21NO3. The second-order valence-corrected chi connectivity index (χ2v) is 5.32. The van der Waals surface area contributed by atoms with Gasteiger partial charge in [0.1, 0.15) is 11.8 Å². The summed E-state index contributed by atoms with van der Waals surface area (Å²) in [6.07, 6.45) is 4.98. The number of benzene rings is 1. The molecule has 2 atom stereocenters. The molecule has 0 amide bonds. The van der Waals surface area contributed by atoms with Crippen molar-refractivity contribution in [3.63, 3.8) is 0 Å². The molecule has 4 heteroatoms. The van der Waals surface area contributed by atoms with E-state index in [9.17, 15) is 9.90 Å². The Hall–Kier alpha value is -1.99. The van der Waals surface area contributed by atoms with Gasteiger partial charge in [0.2, 0.25) is 0 Å². The van der Waals surface area contributed by atoms with Crippen LogP contribution < -0.4 is 5.73 Å². The minimum atomic E-state index is -0.707. The van der Waals surface area contributed by atoms with Crippen LogP contribution in [0.25, 0.3) is 0 Å². The molecule has 3 N–H and O–H groups in total. The fourth-order valence-corrected chi connectivity index (χ4v) is 2.26. The summed E-state index contributed by atoms with van der Waals surface area (Å²) in [5.41, 5.74) is 6.78. The molecule has 0 bridgehead atoms. The molecule has 1 unspecified atom stereocenters. The number of phenolic OH excluding ortho intramolecular Hbond substituents is 1. The Bertz CT molecular complexity index is 527. The van der Waals surface area contributed by atoms with Crippen molar-refractivity contribution in [1.29, 1.82) is 0 Å². The van der Waals surface area contributed by atoms with Crippen LogP contribution in [0.3, 0.4) is 0 Å². The van der Waals surface area contributed by atoms with E-state index in [0.29, 0.717) is 6.42 Å². The van der Waals surface area contributed by atoms with Gasteiger partial charge in [0.05, 0.1) is 0 Å². The van der Waals surface area contributed by atoms with Crippen molar-refractivity contribution >= 4 is 5.97 Å². The third-order valence-electron chi connectivity index (χ3n) is 3.48. The molecule has 4 nitrogen and oxygen atoms in total. The third-order valence-corrected chi connectivity index (χ3v) is 3.48. The zero-order valence-electron chi connectivity index (χ0n) is 12.0. The molecule has 21 heavy (non-hydrogen) atoms. The maximum absolute atomic E-state index is 12.0. The number of esters is 1. The minimum absolute atomic E-state index is 0.194. The van der Waals surface area contributed by atoms with E-state index in [1.54, 1.807) is 24.3 Å². The highest BCUT2D eigenvalue weighted by atomic mass is 16.5. The lowest BCUT2D eigenvalue weighted by Gasteiger charge is -2.17. The Balaban J connectivity index is 1.88. The summed E-state index contributed by atoms with van der Waals surface area (Å²) in [7, 11) is 0. The van der Waals surface area contributed by atoms with Crippen LogP contribution in [0.5, 0.6) is 5.75 Å². The Labute approximate surface area is 125 Å². The van der Waals surface area contributed by atoms with Crippen LogP contribution >= 0.6 is 0 Å². The lowest BCUT2D eigenvalue weighted by atomic mass is 10.0. The number of rotatable bonds is 4. The van der Waals surface area contributed by atoms with Gasteiger partial charge in [-0.15, -0.1) is 0 Å². The Morgan fingerprint density at radius 2 is 2.10 bits per heavy atom. The predicted octanol–water partition coefficient (Wildman–Crippen LogP) is 2.14. The number of phenols is 1. The lowest BCUT2D eigenvalue weighted by molar-refractivity contribution is -0.148. The van der Waals surface area contributed by atoms with Crippen LogP contribution in [0.15, 0.2) is 24.3 Å². The van der Waals surface area contributed by atoms with Gasteiger partial charge in [-0.3, -0.25) is 4.79 Å². The van der Waals surface area contributed by atoms with Crippen molar-refractivity contribution in [1.82, 2.24) is 0 Å². The number of aromatic hydroxyl groups is 1. The van der Waals surface area contributed by atoms with Crippen molar-refractivity contribution in [2.75, 3.05) is 0 Å². The average Bonchev–Trinajstić information content (AvgIpc) is 2.44. The fourth-order valence-electron chi connectivity index (χ4n) is 2.26. The summed E-state index contributed by atoms with van der Waals surface area (Å²) < 4.78 is 5.40. The monoisotopic (exact) mass is 287 g/mol. The molecule has 1 aromatic carbocycles. The van der Waals surface area contributed by atoms with Crippen molar-refractivity contribution in [2.24, 2.45) is 5.73 Å². The van der Waals surface area contributed by atoms with Crippen LogP contribution in [0.1, 0.15) is 37.7 Å². The normalized spacial score (nSPS) is 19.6. The zero-order valence-corrected chi connectivity index (χ0v) is 12.0. The molecule has 112 valence electrons. The van der Waals surface area contributed by atoms with Gasteiger partial charge in [-0.2, -0.15) is 0 Å². The van der Waals surface area contributed by atoms with E-state index >= 15 is 0 Å². The first-order chi connectivity index (χ1) is 10.1. The van der Waals surface area contributed by atoms with Crippen LogP contribution in [-0.4, -0.2) is 23.2 Å². The molecule has 0 radical (unpaired) electrons. The first-order valence-electron chi connectivity index (χ1n) is 7.37. The Kier molecular flexibility index (Phi) is 5.65. The van der Waals surface area contributed by atoms with Gasteiger partial charge in [0.25, 0.3) is 0 Å². The zero-order chi connectivity index (χ0) is 15.1. The lowest BCUT2D eigenvalue weighted by Crippen LogP contribution is -2.36. The summed E-state index contributed by atoms with van der Waals surface area (Å²) in [5.74, 6) is 5.82. The summed E-state index contributed by atoms with van der Waals surface area (Å²) >= 11 is 0. The highest BCUT2D eigenvalue weighted by Crippen LogP contribution is 2.13. The number of carbonyl (C=O) groups is 1. The molecule has 0 aromatic heterocycles. The van der Waals surface area contributed by atoms with E-state index in [1.165, 1.54) is 0 Å².